The van der Waals surface area contributed by atoms with E-state index in [-0.39, 0.29) is 37.1 Å². The Morgan fingerprint density at radius 3 is 2.68 bits per heavy atom. The number of carbonyl (C=O) groups excluding carboxylic acids is 2. The number of likely N-dealkylation sites (tertiary alicyclic amines) is 2. The maximum Gasteiger partial charge on any atom is 0.308 e. The lowest BCUT2D eigenvalue weighted by molar-refractivity contribution is -0.144. The van der Waals surface area contributed by atoms with Gasteiger partial charge in [-0.3, -0.25) is 19.3 Å². The van der Waals surface area contributed by atoms with E-state index in [9.17, 15) is 19.5 Å². The highest BCUT2D eigenvalue weighted by Crippen LogP contribution is 2.42. The third-order valence-corrected chi connectivity index (χ3v) is 8.08. The molecule has 3 atom stereocenters. The number of ether oxygens (including phenoxy) is 2. The largest absolute Gasteiger partial charge is 0.481 e. The van der Waals surface area contributed by atoms with E-state index in [4.69, 9.17) is 15.2 Å². The van der Waals surface area contributed by atoms with E-state index < -0.39 is 11.9 Å². The summed E-state index contributed by atoms with van der Waals surface area (Å²) in [5, 5.41) is 10.4. The van der Waals surface area contributed by atoms with Gasteiger partial charge in [0.1, 0.15) is 0 Å². The molecule has 10 heteroatoms. The molecule has 1 unspecified atom stereocenters. The zero-order valence-corrected chi connectivity index (χ0v) is 22.5. The number of benzene rings is 1. The molecule has 0 aliphatic carbocycles. The van der Waals surface area contributed by atoms with Crippen LogP contribution >= 0.6 is 0 Å². The van der Waals surface area contributed by atoms with Gasteiger partial charge >= 0.3 is 5.97 Å². The van der Waals surface area contributed by atoms with E-state index in [2.05, 4.69) is 6.92 Å². The number of fused-ring (bicyclic) bond motifs is 1. The molecule has 2 saturated heterocycles. The monoisotopic (exact) mass is 530 g/mol. The fourth-order valence-electron chi connectivity index (χ4n) is 5.99. The maximum atomic E-state index is 13.5. The maximum absolute atomic E-state index is 13.5. The molecule has 0 bridgehead atoms. The van der Waals surface area contributed by atoms with Crippen molar-refractivity contribution in [2.75, 3.05) is 52.6 Å². The van der Waals surface area contributed by atoms with Crippen LogP contribution in [0.15, 0.2) is 18.2 Å². The highest BCUT2D eigenvalue weighted by molar-refractivity contribution is 5.79. The number of hydrogen-bond acceptors (Lipinski definition) is 7. The summed E-state index contributed by atoms with van der Waals surface area (Å²) in [6.07, 6.45) is 5.54. The topological polar surface area (TPSA) is 126 Å². The number of piperidine rings is 1. The first-order chi connectivity index (χ1) is 18.4. The standard InChI is InChI=1S/C28H42N4O6/c1-2-3-12-30(14-6-11-29)26(34)18-32-17-21(20-8-9-23-24(16-20)38-19-37-23)27(28(35)36)22(32)10-15-31-13-5-4-7-25(31)33/h8-9,16,21-22,27H,2-7,10-15,17-19,29H2,1H3,(H,35,36)/t21-,22+,27?/m1/s1. The van der Waals surface area contributed by atoms with Crippen LogP contribution in [-0.4, -0.2) is 96.2 Å². The second-order valence-corrected chi connectivity index (χ2v) is 10.6. The minimum absolute atomic E-state index is 0.00132. The van der Waals surface area contributed by atoms with Crippen LogP contribution in [-0.2, 0) is 14.4 Å². The summed E-state index contributed by atoms with van der Waals surface area (Å²) in [4.78, 5) is 44.4. The van der Waals surface area contributed by atoms with Gasteiger partial charge in [-0.15, -0.1) is 0 Å². The Morgan fingerprint density at radius 2 is 1.95 bits per heavy atom. The summed E-state index contributed by atoms with van der Waals surface area (Å²) >= 11 is 0. The zero-order chi connectivity index (χ0) is 27.1. The van der Waals surface area contributed by atoms with Crippen LogP contribution in [0.2, 0.25) is 0 Å². The molecule has 0 saturated carbocycles. The van der Waals surface area contributed by atoms with E-state index in [0.717, 1.165) is 37.7 Å². The van der Waals surface area contributed by atoms with Crippen LogP contribution in [0, 0.1) is 5.92 Å². The van der Waals surface area contributed by atoms with Gasteiger partial charge < -0.3 is 30.1 Å². The molecule has 4 rings (SSSR count). The Bertz CT molecular complexity index is 980. The summed E-state index contributed by atoms with van der Waals surface area (Å²) < 4.78 is 11.0. The fraction of sp³-hybridized carbons (Fsp3) is 0.679. The molecule has 3 N–H and O–H groups in total. The van der Waals surface area contributed by atoms with Crippen LogP contribution in [0.3, 0.4) is 0 Å². The van der Waals surface area contributed by atoms with E-state index >= 15 is 0 Å². The molecule has 1 aromatic carbocycles. The van der Waals surface area contributed by atoms with Crippen molar-refractivity contribution in [3.63, 3.8) is 0 Å². The molecule has 0 aromatic heterocycles. The van der Waals surface area contributed by atoms with Gasteiger partial charge in [0.25, 0.3) is 0 Å². The van der Waals surface area contributed by atoms with Crippen LogP contribution in [0.1, 0.15) is 63.4 Å². The number of hydrogen-bond donors (Lipinski definition) is 2. The van der Waals surface area contributed by atoms with E-state index in [1.807, 2.05) is 32.9 Å². The summed E-state index contributed by atoms with van der Waals surface area (Å²) in [5.41, 5.74) is 6.58. The average Bonchev–Trinajstić information content (AvgIpc) is 3.52. The molecule has 1 aromatic rings. The first kappa shape index (κ1) is 28.2. The molecule has 3 heterocycles. The Hall–Kier alpha value is -2.85. The highest BCUT2D eigenvalue weighted by atomic mass is 16.7. The average molecular weight is 531 g/mol. The fourth-order valence-corrected chi connectivity index (χ4v) is 5.99. The van der Waals surface area contributed by atoms with Crippen LogP contribution in [0.25, 0.3) is 0 Å². The lowest BCUT2D eigenvalue weighted by Gasteiger charge is -2.32. The predicted octanol–water partition coefficient (Wildman–Crippen LogP) is 2.26. The molecule has 2 amide bonds. The minimum atomic E-state index is -0.886. The molecule has 10 nitrogen and oxygen atoms in total. The second kappa shape index (κ2) is 13.3. The van der Waals surface area contributed by atoms with Gasteiger partial charge in [0.15, 0.2) is 11.5 Å². The minimum Gasteiger partial charge on any atom is -0.481 e. The number of aliphatic carboxylic acids is 1. The Labute approximate surface area is 225 Å². The number of amides is 2. The molecule has 2 fully saturated rings. The number of carbonyl (C=O) groups is 3. The van der Waals surface area contributed by atoms with Gasteiger partial charge in [-0.25, -0.2) is 0 Å². The van der Waals surface area contributed by atoms with Crippen molar-refractivity contribution in [1.29, 1.82) is 0 Å². The van der Waals surface area contributed by atoms with Crippen LogP contribution in [0.5, 0.6) is 11.5 Å². The first-order valence-electron chi connectivity index (χ1n) is 14.0. The predicted molar refractivity (Wildman–Crippen MR) is 142 cm³/mol. The molecular weight excluding hydrogens is 488 g/mol. The van der Waals surface area contributed by atoms with Crippen molar-refractivity contribution in [1.82, 2.24) is 14.7 Å². The van der Waals surface area contributed by atoms with Crippen molar-refractivity contribution in [2.45, 2.75) is 63.8 Å². The van der Waals surface area contributed by atoms with Crippen molar-refractivity contribution >= 4 is 17.8 Å². The second-order valence-electron chi connectivity index (χ2n) is 10.6. The quantitative estimate of drug-likeness (QED) is 0.398. The van der Waals surface area contributed by atoms with Gasteiger partial charge in [-0.1, -0.05) is 19.4 Å². The number of rotatable bonds is 13. The molecule has 0 radical (unpaired) electrons. The van der Waals surface area contributed by atoms with E-state index in [1.165, 1.54) is 0 Å². The number of carboxylic acids is 1. The third kappa shape index (κ3) is 6.58. The number of nitrogens with two attached hydrogens (primary N) is 1. The Balaban J connectivity index is 1.57. The Morgan fingerprint density at radius 1 is 1.16 bits per heavy atom. The molecule has 210 valence electrons. The summed E-state index contributed by atoms with van der Waals surface area (Å²) in [6.45, 7) is 5.83. The van der Waals surface area contributed by atoms with E-state index in [0.29, 0.717) is 63.6 Å². The molecule has 0 spiro atoms. The SMILES string of the molecule is CCCCN(CCCN)C(=O)CN1C[C@H](c2ccc3c(c2)OCO3)C(C(=O)O)[C@@H]1CCN1CCCCC1=O. The van der Waals surface area contributed by atoms with Crippen LogP contribution in [0.4, 0.5) is 0 Å². The highest BCUT2D eigenvalue weighted by Gasteiger charge is 2.47. The lowest BCUT2D eigenvalue weighted by atomic mass is 9.84. The van der Waals surface area contributed by atoms with Crippen molar-refractivity contribution < 1.29 is 29.0 Å². The number of unbranched alkanes of at least 4 members (excludes halogenated alkanes) is 1. The van der Waals surface area contributed by atoms with Gasteiger partial charge in [0.05, 0.1) is 12.5 Å². The van der Waals surface area contributed by atoms with Crippen molar-refractivity contribution in [2.24, 2.45) is 11.7 Å². The summed E-state index contributed by atoms with van der Waals surface area (Å²) in [5.74, 6) is -0.517. The third-order valence-electron chi connectivity index (χ3n) is 8.08. The normalized spacial score (nSPS) is 23.2. The van der Waals surface area contributed by atoms with Gasteiger partial charge in [-0.05, 0) is 56.3 Å². The smallest absolute Gasteiger partial charge is 0.308 e. The van der Waals surface area contributed by atoms with Gasteiger partial charge in [-0.2, -0.15) is 0 Å². The summed E-state index contributed by atoms with van der Waals surface area (Å²) in [7, 11) is 0. The molecule has 38 heavy (non-hydrogen) atoms. The number of carboxylic acid groups (broad SMARTS) is 1. The number of nitrogens with zero attached hydrogens (tertiary/aromatic N) is 3. The lowest BCUT2D eigenvalue weighted by Crippen LogP contribution is -2.46. The van der Waals surface area contributed by atoms with Crippen molar-refractivity contribution in [3.8, 4) is 11.5 Å². The molecule has 3 aliphatic rings. The zero-order valence-electron chi connectivity index (χ0n) is 22.5. The van der Waals surface area contributed by atoms with Crippen LogP contribution < -0.4 is 15.2 Å². The van der Waals surface area contributed by atoms with Crippen molar-refractivity contribution in [3.05, 3.63) is 23.8 Å². The molecular formula is C28H42N4O6. The Kier molecular flexibility index (Phi) is 9.85. The van der Waals surface area contributed by atoms with E-state index in [1.54, 1.807) is 0 Å². The first-order valence-corrected chi connectivity index (χ1v) is 14.0. The van der Waals surface area contributed by atoms with Gasteiger partial charge in [0, 0.05) is 51.1 Å². The summed E-state index contributed by atoms with van der Waals surface area (Å²) in [6, 6.07) is 5.22. The molecule has 3 aliphatic heterocycles. The van der Waals surface area contributed by atoms with Gasteiger partial charge in [0.2, 0.25) is 18.6 Å².